The topological polar surface area (TPSA) is 286 Å². The maximum Gasteiger partial charge on any atom is 1.00 e. The van der Waals surface area contributed by atoms with Crippen LogP contribution in [-0.2, 0) is 29.0 Å². The molecule has 4 aliphatic heterocycles. The molecule has 4 rings (SSSR count). The SMILES string of the molecule is O=C([O-])[C@@H]1[O][Sb]2([O][Sb]34[O][C@H]([C@H](O)CO)[C@H]([O]3)[C@H](C(=O)[O-])[O]4)[O][C@H]([C@H](O)CO)[C@@H]1[O]2.[H+].[Na+].[Na+].[Na+].[OH-].[OH-]. The molecule has 4 fully saturated rings. The number of carboxylic acid groups (broad SMARTS) is 2. The van der Waals surface area contributed by atoms with E-state index in [2.05, 4.69) is 0 Å². The van der Waals surface area contributed by atoms with Gasteiger partial charge in [-0.3, -0.25) is 0 Å². The molecule has 0 aromatic heterocycles. The Morgan fingerprint density at radius 1 is 0.765 bits per heavy atom. The zero-order valence-electron chi connectivity index (χ0n) is 19.1. The minimum absolute atomic E-state index is 0. The number of hydrogen-bond donors (Lipinski definition) is 4. The summed E-state index contributed by atoms with van der Waals surface area (Å²) in [6, 6.07) is 0. The summed E-state index contributed by atoms with van der Waals surface area (Å²) in [4.78, 5) is 22.7. The van der Waals surface area contributed by atoms with Crippen LogP contribution in [0, 0.1) is 0 Å². The van der Waals surface area contributed by atoms with Crippen molar-refractivity contribution in [1.82, 2.24) is 0 Å². The van der Waals surface area contributed by atoms with Crippen LogP contribution in [0.15, 0.2) is 0 Å². The molecular formula is C12H19Na3O17Sb2. The second kappa shape index (κ2) is 15.2. The Balaban J connectivity index is -0.00000171. The first-order chi connectivity index (χ1) is 13.6. The summed E-state index contributed by atoms with van der Waals surface area (Å²) in [6.07, 6.45) is -11.8. The van der Waals surface area contributed by atoms with E-state index in [0.29, 0.717) is 0 Å². The molecule has 0 spiro atoms. The number of aliphatic hydroxyl groups excluding tert-OH is 4. The Kier molecular flexibility index (Phi) is 17.5. The molecule has 0 aromatic carbocycles. The molecule has 0 saturated carbocycles. The van der Waals surface area contributed by atoms with Gasteiger partial charge in [0, 0.05) is 0 Å². The van der Waals surface area contributed by atoms with Crippen LogP contribution in [0.25, 0.3) is 0 Å². The van der Waals surface area contributed by atoms with E-state index >= 15 is 0 Å². The Morgan fingerprint density at radius 2 is 1.09 bits per heavy atom. The van der Waals surface area contributed by atoms with Gasteiger partial charge in [0.25, 0.3) is 0 Å². The molecule has 0 aromatic rings. The van der Waals surface area contributed by atoms with E-state index in [1.54, 1.807) is 0 Å². The van der Waals surface area contributed by atoms with Crippen molar-refractivity contribution in [2.75, 3.05) is 13.2 Å². The fraction of sp³-hybridized carbons (Fsp3) is 0.833. The second-order valence-electron chi connectivity index (χ2n) is 6.45. The molecule has 0 aliphatic carbocycles. The summed E-state index contributed by atoms with van der Waals surface area (Å²) < 4.78 is 38.1. The van der Waals surface area contributed by atoms with E-state index in [9.17, 15) is 30.0 Å². The Hall–Kier alpha value is 3.06. The van der Waals surface area contributed by atoms with E-state index in [-0.39, 0.29) is 101 Å². The third-order valence-corrected chi connectivity index (χ3v) is 21.8. The molecular weight excluding hydrogens is 729 g/mol. The van der Waals surface area contributed by atoms with Gasteiger partial charge in [-0.1, -0.05) is 0 Å². The van der Waals surface area contributed by atoms with E-state index in [1.807, 2.05) is 0 Å². The smallest absolute Gasteiger partial charge is 0.870 e. The Bertz CT molecular complexity index is 661. The van der Waals surface area contributed by atoms with Crippen molar-refractivity contribution in [3.05, 3.63) is 0 Å². The second-order valence-corrected chi connectivity index (χ2v) is 18.8. The van der Waals surface area contributed by atoms with E-state index < -0.39 is 115 Å². The van der Waals surface area contributed by atoms with Gasteiger partial charge in [-0.15, -0.1) is 0 Å². The minimum atomic E-state index is -5.19. The number of aliphatic hydroxyl groups is 4. The van der Waals surface area contributed by atoms with Gasteiger partial charge in [-0.25, -0.2) is 0 Å². The van der Waals surface area contributed by atoms with Crippen LogP contribution < -0.4 is 98.9 Å². The molecule has 10 atom stereocenters. The summed E-state index contributed by atoms with van der Waals surface area (Å²) in [5.74, 6) is -3.36. The fourth-order valence-electron chi connectivity index (χ4n) is 3.22. The van der Waals surface area contributed by atoms with Gasteiger partial charge >= 0.3 is 265 Å². The number of fused-ring (bicyclic) bond motifs is 4. The number of carbonyl (C=O) groups is 2. The van der Waals surface area contributed by atoms with Crippen molar-refractivity contribution in [1.29, 1.82) is 0 Å². The zero-order valence-corrected chi connectivity index (χ0v) is 29.2. The molecule has 4 heterocycles. The van der Waals surface area contributed by atoms with Gasteiger partial charge in [0.05, 0.1) is 0 Å². The summed E-state index contributed by atoms with van der Waals surface area (Å²) >= 11 is -10.4. The van der Waals surface area contributed by atoms with Crippen molar-refractivity contribution in [2.45, 2.75) is 48.8 Å². The van der Waals surface area contributed by atoms with Crippen LogP contribution in [-0.4, -0.2) is 146 Å². The first-order valence-electron chi connectivity index (χ1n) is 8.23. The van der Waals surface area contributed by atoms with Gasteiger partial charge < -0.3 is 11.0 Å². The van der Waals surface area contributed by atoms with Crippen molar-refractivity contribution >= 4 is 52.9 Å². The van der Waals surface area contributed by atoms with Crippen LogP contribution in [0.5, 0.6) is 0 Å². The summed E-state index contributed by atoms with van der Waals surface area (Å²) in [7, 11) is 0. The molecule has 0 amide bonds. The normalized spacial score (nSPS) is 40.5. The van der Waals surface area contributed by atoms with E-state index in [0.717, 1.165) is 0 Å². The predicted octanol–water partition coefficient (Wildman–Crippen LogP) is -16.8. The molecule has 6 N–H and O–H groups in total. The molecule has 4 saturated heterocycles. The number of hydrogen-bond acceptors (Lipinski definition) is 17. The molecule has 17 nitrogen and oxygen atoms in total. The third kappa shape index (κ3) is 7.22. The van der Waals surface area contributed by atoms with E-state index in [1.165, 1.54) is 0 Å². The van der Waals surface area contributed by atoms with Crippen molar-refractivity contribution in [3.63, 3.8) is 0 Å². The first-order valence-corrected chi connectivity index (χ1v) is 16.6. The molecule has 4 aliphatic rings. The van der Waals surface area contributed by atoms with Gasteiger partial charge in [-0.05, 0) is 0 Å². The van der Waals surface area contributed by atoms with E-state index in [4.69, 9.17) is 29.6 Å². The first kappa shape index (κ1) is 39.2. The number of carbonyl (C=O) groups excluding carboxylic acids is 2. The Morgan fingerprint density at radius 3 is 1.35 bits per heavy atom. The monoisotopic (exact) mass is 746 g/mol. The Labute approximate surface area is 271 Å². The number of rotatable bonds is 8. The van der Waals surface area contributed by atoms with Gasteiger partial charge in [0.1, 0.15) is 0 Å². The summed E-state index contributed by atoms with van der Waals surface area (Å²) in [6.45, 7) is -1.55. The van der Waals surface area contributed by atoms with Crippen LogP contribution >= 0.6 is 0 Å². The molecule has 2 radical (unpaired) electrons. The standard InChI is InChI=1S/2C6H9O7.3Na.2H2O.O.2Sb/c2*7-1-2(8)3(9)4(10)5(11)6(12)13;;;;;;;;/h2*2-5,7-8H,1H2,(H,12,13);;;;2*1H2;;;/q2*-3;3*+1;;;;2*+3/p-3/t2*2-,3-,4+,5-;;;;;;;;/m11......../s1. The quantitative estimate of drug-likeness (QED) is 0.168. The van der Waals surface area contributed by atoms with Crippen molar-refractivity contribution in [2.24, 2.45) is 0 Å². The average Bonchev–Trinajstić information content (AvgIpc) is 3.42. The number of aliphatic carboxylic acids is 2. The molecule has 2 unspecified atom stereocenters. The average molecular weight is 748 g/mol. The van der Waals surface area contributed by atoms with Gasteiger partial charge in [0.2, 0.25) is 0 Å². The van der Waals surface area contributed by atoms with Crippen molar-refractivity contribution in [3.8, 4) is 0 Å². The van der Waals surface area contributed by atoms with Crippen LogP contribution in [0.4, 0.5) is 0 Å². The fourth-order valence-corrected chi connectivity index (χ4v) is 23.5. The van der Waals surface area contributed by atoms with Crippen LogP contribution in [0.2, 0.25) is 0 Å². The number of carboxylic acids is 2. The molecule has 34 heavy (non-hydrogen) atoms. The minimum Gasteiger partial charge on any atom is -0.870 e. The maximum atomic E-state index is 11.3. The zero-order chi connectivity index (χ0) is 21.1. The largest absolute Gasteiger partial charge is 1.00 e. The third-order valence-electron chi connectivity index (χ3n) is 4.53. The molecule has 22 heteroatoms. The summed E-state index contributed by atoms with van der Waals surface area (Å²) in [5.41, 5.74) is 0. The maximum absolute atomic E-state index is 11.3. The van der Waals surface area contributed by atoms with Crippen LogP contribution in [0.1, 0.15) is 1.43 Å². The molecule has 182 valence electrons. The molecule has 4 bridgehead atoms. The van der Waals surface area contributed by atoms with Gasteiger partial charge in [-0.2, -0.15) is 0 Å². The van der Waals surface area contributed by atoms with Gasteiger partial charge in [0.15, 0.2) is 0 Å². The summed E-state index contributed by atoms with van der Waals surface area (Å²) in [5, 5.41) is 60.7. The van der Waals surface area contributed by atoms with Crippen LogP contribution in [0.3, 0.4) is 0 Å². The predicted molar refractivity (Wildman–Crippen MR) is 83.0 cm³/mol. The van der Waals surface area contributed by atoms with Crippen molar-refractivity contribution < 1.29 is 161 Å².